The van der Waals surface area contributed by atoms with E-state index in [0.29, 0.717) is 6.29 Å². The van der Waals surface area contributed by atoms with Crippen LogP contribution in [0.3, 0.4) is 0 Å². The van der Waals surface area contributed by atoms with Crippen LogP contribution in [0.5, 0.6) is 0 Å². The van der Waals surface area contributed by atoms with Gasteiger partial charge >= 0.3 is 0 Å². The number of methoxy groups -OCH3 is 11. The zero-order valence-corrected chi connectivity index (χ0v) is 28.3. The Kier molecular flexibility index (Phi) is 18.9. The number of ether oxygens (including phenoxy) is 15. The Morgan fingerprint density at radius 2 is 1.07 bits per heavy atom. The van der Waals surface area contributed by atoms with Crippen molar-refractivity contribution in [2.75, 3.05) is 98.0 Å². The molecule has 0 N–H and O–H groups in total. The summed E-state index contributed by atoms with van der Waals surface area (Å²) in [6.07, 6.45) is -9.81. The highest BCUT2D eigenvalue weighted by Gasteiger charge is 2.52. The number of hydrogen-bond acceptors (Lipinski definition) is 16. The minimum Gasteiger partial charge on any atom is -0.382 e. The molecule has 16 nitrogen and oxygen atoms in total. The zero-order valence-electron chi connectivity index (χ0n) is 28.3. The molecular formula is C29H54O16. The third kappa shape index (κ3) is 9.81. The SMILES string of the molecule is COCC(OC)C(OC1OC(COC2OC(COC)C(OC)C(OC)C2OC)C(OC)C(OC)C1OC)C(OC)C(C=O)OC. The Bertz CT molecular complexity index is 793. The van der Waals surface area contributed by atoms with E-state index in [-0.39, 0.29) is 19.8 Å². The van der Waals surface area contributed by atoms with Gasteiger partial charge < -0.3 is 75.8 Å². The third-order valence-electron chi connectivity index (χ3n) is 8.19. The van der Waals surface area contributed by atoms with Gasteiger partial charge in [-0.3, -0.25) is 0 Å². The molecule has 0 amide bonds. The van der Waals surface area contributed by atoms with Crippen molar-refractivity contribution in [2.24, 2.45) is 0 Å². The molecule has 2 saturated heterocycles. The van der Waals surface area contributed by atoms with Crippen LogP contribution >= 0.6 is 0 Å². The molecule has 0 bridgehead atoms. The van der Waals surface area contributed by atoms with E-state index in [4.69, 9.17) is 71.1 Å². The monoisotopic (exact) mass is 658 g/mol. The van der Waals surface area contributed by atoms with Crippen LogP contribution in [0.4, 0.5) is 0 Å². The number of carbonyl (C=O) groups excluding carboxylic acids is 1. The van der Waals surface area contributed by atoms with Crippen LogP contribution in [0.1, 0.15) is 0 Å². The first-order valence-electron chi connectivity index (χ1n) is 14.6. The fraction of sp³-hybridized carbons (Fsp3) is 0.966. The highest BCUT2D eigenvalue weighted by atomic mass is 16.8. The summed E-state index contributed by atoms with van der Waals surface area (Å²) in [4.78, 5) is 11.9. The molecule has 2 heterocycles. The van der Waals surface area contributed by atoms with E-state index < -0.39 is 85.8 Å². The third-order valence-corrected chi connectivity index (χ3v) is 8.19. The van der Waals surface area contributed by atoms with Gasteiger partial charge in [-0.2, -0.15) is 0 Å². The van der Waals surface area contributed by atoms with Gasteiger partial charge in [-0.05, 0) is 0 Å². The summed E-state index contributed by atoms with van der Waals surface area (Å²) in [5, 5.41) is 0. The second-order valence-corrected chi connectivity index (χ2v) is 10.4. The van der Waals surface area contributed by atoms with Crippen molar-refractivity contribution in [1.82, 2.24) is 0 Å². The maximum absolute atomic E-state index is 11.9. The van der Waals surface area contributed by atoms with E-state index in [1.807, 2.05) is 0 Å². The smallest absolute Gasteiger partial charge is 0.187 e. The molecule has 45 heavy (non-hydrogen) atoms. The molecule has 0 aromatic rings. The largest absolute Gasteiger partial charge is 0.382 e. The second-order valence-electron chi connectivity index (χ2n) is 10.4. The molecular weight excluding hydrogens is 604 g/mol. The molecule has 0 aliphatic carbocycles. The molecule has 0 aromatic carbocycles. The summed E-state index contributed by atoms with van der Waals surface area (Å²) in [5.74, 6) is 0. The number of hydrogen-bond donors (Lipinski definition) is 0. The Labute approximate surface area is 266 Å². The van der Waals surface area contributed by atoms with E-state index in [2.05, 4.69) is 0 Å². The lowest BCUT2D eigenvalue weighted by atomic mass is 9.97. The molecule has 0 spiro atoms. The van der Waals surface area contributed by atoms with E-state index in [1.165, 1.54) is 56.9 Å². The van der Waals surface area contributed by atoms with Crippen molar-refractivity contribution in [2.45, 2.75) is 85.8 Å². The second kappa shape index (κ2) is 21.1. The van der Waals surface area contributed by atoms with Crippen molar-refractivity contribution in [1.29, 1.82) is 0 Å². The summed E-state index contributed by atoms with van der Waals surface area (Å²) in [7, 11) is 16.7. The Balaban J connectivity index is 2.41. The fourth-order valence-electron chi connectivity index (χ4n) is 5.94. The summed E-state index contributed by atoms with van der Waals surface area (Å²) in [6, 6.07) is 0. The number of carbonyl (C=O) groups is 1. The van der Waals surface area contributed by atoms with Crippen LogP contribution < -0.4 is 0 Å². The Morgan fingerprint density at radius 3 is 1.49 bits per heavy atom. The molecule has 266 valence electrons. The highest BCUT2D eigenvalue weighted by molar-refractivity contribution is 5.57. The lowest BCUT2D eigenvalue weighted by Gasteiger charge is -2.47. The molecule has 16 heteroatoms. The molecule has 0 aromatic heterocycles. The first-order chi connectivity index (χ1) is 21.8. The normalized spacial score (nSPS) is 35.1. The van der Waals surface area contributed by atoms with Crippen LogP contribution in [0.2, 0.25) is 0 Å². The first kappa shape index (κ1) is 40.2. The molecule has 0 radical (unpaired) electrons. The van der Waals surface area contributed by atoms with Gasteiger partial charge in [0.1, 0.15) is 73.2 Å². The Morgan fingerprint density at radius 1 is 0.556 bits per heavy atom. The summed E-state index contributed by atoms with van der Waals surface area (Å²) >= 11 is 0. The molecule has 14 atom stereocenters. The lowest BCUT2D eigenvalue weighted by Crippen LogP contribution is -2.64. The highest BCUT2D eigenvalue weighted by Crippen LogP contribution is 2.33. The van der Waals surface area contributed by atoms with Gasteiger partial charge in [0.2, 0.25) is 0 Å². The fourth-order valence-corrected chi connectivity index (χ4v) is 5.94. The van der Waals surface area contributed by atoms with Gasteiger partial charge in [-0.25, -0.2) is 0 Å². The predicted molar refractivity (Wildman–Crippen MR) is 155 cm³/mol. The van der Waals surface area contributed by atoms with Crippen LogP contribution in [0.15, 0.2) is 0 Å². The topological polar surface area (TPSA) is 156 Å². The van der Waals surface area contributed by atoms with E-state index in [9.17, 15) is 4.79 Å². The van der Waals surface area contributed by atoms with Crippen molar-refractivity contribution in [3.05, 3.63) is 0 Å². The van der Waals surface area contributed by atoms with Gasteiger partial charge in [0.05, 0.1) is 19.8 Å². The lowest BCUT2D eigenvalue weighted by molar-refractivity contribution is -0.352. The quantitative estimate of drug-likeness (QED) is 0.137. The number of rotatable bonds is 22. The van der Waals surface area contributed by atoms with Crippen molar-refractivity contribution in [3.8, 4) is 0 Å². The van der Waals surface area contributed by atoms with Crippen molar-refractivity contribution < 1.29 is 75.8 Å². The zero-order chi connectivity index (χ0) is 33.5. The molecule has 2 aliphatic heterocycles. The minimum absolute atomic E-state index is 0.0356. The predicted octanol–water partition coefficient (Wildman–Crippen LogP) is -0.535. The van der Waals surface area contributed by atoms with Gasteiger partial charge in [0.25, 0.3) is 0 Å². The van der Waals surface area contributed by atoms with Crippen molar-refractivity contribution in [3.63, 3.8) is 0 Å². The molecule has 2 rings (SSSR count). The maximum atomic E-state index is 11.9. The first-order valence-corrected chi connectivity index (χ1v) is 14.6. The molecule has 2 aliphatic rings. The van der Waals surface area contributed by atoms with Gasteiger partial charge in [-0.1, -0.05) is 0 Å². The molecule has 2 fully saturated rings. The standard InChI is InChI=1S/C29H54O16/c1-31-13-17(34-4)23(20(35-5)16(12-30)33-3)45-29-27(41-11)25(39-9)22(37-7)19(44-29)15-42-28-26(40-10)24(38-8)21(36-6)18(43-28)14-32-2/h12,16-29H,13-15H2,1-11H3. The molecule has 14 unspecified atom stereocenters. The van der Waals surface area contributed by atoms with Crippen LogP contribution in [0, 0.1) is 0 Å². The van der Waals surface area contributed by atoms with Crippen LogP contribution in [0.25, 0.3) is 0 Å². The average molecular weight is 659 g/mol. The van der Waals surface area contributed by atoms with Gasteiger partial charge in [-0.15, -0.1) is 0 Å². The summed E-state index contributed by atoms with van der Waals surface area (Å²) in [5.41, 5.74) is 0. The minimum atomic E-state index is -1.07. The Hall–Kier alpha value is -0.930. The average Bonchev–Trinajstić information content (AvgIpc) is 3.06. The molecule has 0 saturated carbocycles. The van der Waals surface area contributed by atoms with E-state index in [1.54, 1.807) is 21.3 Å². The van der Waals surface area contributed by atoms with E-state index >= 15 is 0 Å². The van der Waals surface area contributed by atoms with E-state index in [0.717, 1.165) is 0 Å². The maximum Gasteiger partial charge on any atom is 0.187 e. The van der Waals surface area contributed by atoms with Gasteiger partial charge in [0.15, 0.2) is 18.9 Å². The van der Waals surface area contributed by atoms with Crippen LogP contribution in [-0.4, -0.2) is 190 Å². The summed E-state index contributed by atoms with van der Waals surface area (Å²) < 4.78 is 87.6. The summed E-state index contributed by atoms with van der Waals surface area (Å²) in [6.45, 7) is 0.316. The van der Waals surface area contributed by atoms with Crippen LogP contribution in [-0.2, 0) is 75.8 Å². The van der Waals surface area contributed by atoms with Gasteiger partial charge in [0, 0.05) is 78.2 Å². The number of aldehydes is 1. The van der Waals surface area contributed by atoms with Crippen molar-refractivity contribution >= 4 is 6.29 Å².